The van der Waals surface area contributed by atoms with Gasteiger partial charge in [0, 0.05) is 21.1 Å². The maximum absolute atomic E-state index is 6.36. The van der Waals surface area contributed by atoms with E-state index in [1.807, 2.05) is 6.07 Å². The summed E-state index contributed by atoms with van der Waals surface area (Å²) in [6, 6.07) is 23.7. The van der Waals surface area contributed by atoms with Crippen molar-refractivity contribution in [2.45, 2.75) is 19.3 Å². The van der Waals surface area contributed by atoms with E-state index in [1.165, 1.54) is 27.0 Å². The fourth-order valence-corrected chi connectivity index (χ4v) is 5.93. The van der Waals surface area contributed by atoms with Crippen LogP contribution in [0.3, 0.4) is 0 Å². The Kier molecular flexibility index (Phi) is 3.48. The maximum Gasteiger partial charge on any atom is 0.223 e. The summed E-state index contributed by atoms with van der Waals surface area (Å²) < 4.78 is 2.29. The van der Waals surface area contributed by atoms with Crippen molar-refractivity contribution in [3.63, 3.8) is 0 Å². The van der Waals surface area contributed by atoms with E-state index in [1.54, 1.807) is 11.3 Å². The van der Waals surface area contributed by atoms with Crippen molar-refractivity contribution in [3.05, 3.63) is 83.1 Å². The van der Waals surface area contributed by atoms with Gasteiger partial charge in [-0.25, -0.2) is 9.97 Å². The van der Waals surface area contributed by atoms with Crippen LogP contribution in [0.25, 0.3) is 42.7 Å². The van der Waals surface area contributed by atoms with E-state index < -0.39 is 0 Å². The third-order valence-electron chi connectivity index (χ3n) is 6.05. The van der Waals surface area contributed by atoms with Crippen molar-refractivity contribution in [1.29, 1.82) is 0 Å². The van der Waals surface area contributed by atoms with Gasteiger partial charge in [-0.3, -0.25) is 0 Å². The zero-order valence-corrected chi connectivity index (χ0v) is 17.6. The third-order valence-corrected chi connectivity index (χ3v) is 7.39. The van der Waals surface area contributed by atoms with E-state index in [9.17, 15) is 0 Å². The first-order chi connectivity index (χ1) is 14.0. The molecule has 0 spiro atoms. The highest BCUT2D eigenvalue weighted by Gasteiger charge is 2.35. The van der Waals surface area contributed by atoms with Gasteiger partial charge < -0.3 is 0 Å². The molecule has 5 aromatic rings. The molecule has 2 aromatic heterocycles. The standard InChI is InChI=1S/C25H17ClN2S/c1-25(2)18-9-5-3-7-15(18)16-12-11-14(13-19(16)25)21-23-22(28-24(26)27-21)17-8-4-6-10-20(17)29-23/h3-13H,1-2H3. The van der Waals surface area contributed by atoms with Gasteiger partial charge in [-0.15, -0.1) is 11.3 Å². The first-order valence-corrected chi connectivity index (χ1v) is 10.8. The van der Waals surface area contributed by atoms with Gasteiger partial charge in [-0.1, -0.05) is 68.4 Å². The molecule has 0 amide bonds. The van der Waals surface area contributed by atoms with Gasteiger partial charge in [0.1, 0.15) is 0 Å². The molecule has 29 heavy (non-hydrogen) atoms. The first kappa shape index (κ1) is 17.1. The summed E-state index contributed by atoms with van der Waals surface area (Å²) in [5.41, 5.74) is 8.23. The van der Waals surface area contributed by atoms with Crippen LogP contribution in [0.2, 0.25) is 5.28 Å². The smallest absolute Gasteiger partial charge is 0.216 e. The number of halogens is 1. The van der Waals surface area contributed by atoms with Gasteiger partial charge >= 0.3 is 0 Å². The molecular formula is C25H17ClN2S. The van der Waals surface area contributed by atoms with Crippen LogP contribution in [0.15, 0.2) is 66.7 Å². The fourth-order valence-electron chi connectivity index (χ4n) is 4.61. The second-order valence-electron chi connectivity index (χ2n) is 8.05. The van der Waals surface area contributed by atoms with Gasteiger partial charge in [0.25, 0.3) is 0 Å². The number of aromatic nitrogens is 2. The van der Waals surface area contributed by atoms with Crippen LogP contribution in [-0.2, 0) is 5.41 Å². The topological polar surface area (TPSA) is 25.8 Å². The number of fused-ring (bicyclic) bond motifs is 6. The number of thiophene rings is 1. The highest BCUT2D eigenvalue weighted by Crippen LogP contribution is 2.50. The Bertz CT molecular complexity index is 1450. The number of nitrogens with zero attached hydrogens (tertiary/aromatic N) is 2. The lowest BCUT2D eigenvalue weighted by molar-refractivity contribution is 0.660. The van der Waals surface area contributed by atoms with E-state index in [2.05, 4.69) is 84.5 Å². The molecule has 3 aromatic carbocycles. The quantitative estimate of drug-likeness (QED) is 0.267. The summed E-state index contributed by atoms with van der Waals surface area (Å²) in [7, 11) is 0. The Morgan fingerprint density at radius 2 is 1.59 bits per heavy atom. The monoisotopic (exact) mass is 412 g/mol. The molecule has 0 aliphatic heterocycles. The van der Waals surface area contributed by atoms with Crippen LogP contribution in [0.5, 0.6) is 0 Å². The average Bonchev–Trinajstić information content (AvgIpc) is 3.21. The number of hydrogen-bond acceptors (Lipinski definition) is 3. The maximum atomic E-state index is 6.36. The first-order valence-electron chi connectivity index (χ1n) is 9.63. The predicted molar refractivity (Wildman–Crippen MR) is 123 cm³/mol. The van der Waals surface area contributed by atoms with Gasteiger partial charge in [-0.05, 0) is 46.0 Å². The second-order valence-corrected chi connectivity index (χ2v) is 9.44. The van der Waals surface area contributed by atoms with Crippen molar-refractivity contribution < 1.29 is 0 Å². The molecule has 0 N–H and O–H groups in total. The van der Waals surface area contributed by atoms with Gasteiger partial charge in [0.2, 0.25) is 5.28 Å². The normalized spacial score (nSPS) is 14.3. The molecule has 0 saturated heterocycles. The summed E-state index contributed by atoms with van der Waals surface area (Å²) in [5, 5.41) is 1.42. The van der Waals surface area contributed by atoms with Gasteiger partial charge in [0.15, 0.2) is 0 Å². The number of rotatable bonds is 1. The molecule has 1 aliphatic rings. The van der Waals surface area contributed by atoms with E-state index in [4.69, 9.17) is 11.6 Å². The van der Waals surface area contributed by atoms with Crippen LogP contribution >= 0.6 is 22.9 Å². The van der Waals surface area contributed by atoms with Crippen molar-refractivity contribution in [2.24, 2.45) is 0 Å². The summed E-state index contributed by atoms with van der Waals surface area (Å²) in [4.78, 5) is 9.20. The highest BCUT2D eigenvalue weighted by atomic mass is 35.5. The lowest BCUT2D eigenvalue weighted by Gasteiger charge is -2.21. The number of benzene rings is 3. The lowest BCUT2D eigenvalue weighted by atomic mass is 9.82. The van der Waals surface area contributed by atoms with Crippen LogP contribution in [0, 0.1) is 0 Å². The molecular weight excluding hydrogens is 396 g/mol. The molecule has 140 valence electrons. The SMILES string of the molecule is CC1(C)c2ccccc2-c2ccc(-c3nc(Cl)nc4c3sc3ccccc34)cc21. The Morgan fingerprint density at radius 3 is 2.48 bits per heavy atom. The van der Waals surface area contributed by atoms with Crippen molar-refractivity contribution in [1.82, 2.24) is 9.97 Å². The summed E-state index contributed by atoms with van der Waals surface area (Å²) in [6.07, 6.45) is 0. The number of hydrogen-bond donors (Lipinski definition) is 0. The van der Waals surface area contributed by atoms with E-state index >= 15 is 0 Å². The molecule has 0 saturated carbocycles. The Labute approximate surface area is 177 Å². The van der Waals surface area contributed by atoms with E-state index in [-0.39, 0.29) is 5.41 Å². The Morgan fingerprint density at radius 1 is 0.828 bits per heavy atom. The fraction of sp³-hybridized carbons (Fsp3) is 0.120. The van der Waals surface area contributed by atoms with Crippen molar-refractivity contribution in [2.75, 3.05) is 0 Å². The van der Waals surface area contributed by atoms with Crippen LogP contribution in [0.4, 0.5) is 0 Å². The van der Waals surface area contributed by atoms with Gasteiger partial charge in [0.05, 0.1) is 15.9 Å². The largest absolute Gasteiger partial charge is 0.223 e. The molecule has 6 rings (SSSR count). The molecule has 1 aliphatic carbocycles. The molecule has 0 bridgehead atoms. The zero-order chi connectivity index (χ0) is 19.8. The minimum absolute atomic E-state index is 0.0436. The minimum Gasteiger partial charge on any atom is -0.216 e. The van der Waals surface area contributed by atoms with Crippen LogP contribution in [0.1, 0.15) is 25.0 Å². The summed E-state index contributed by atoms with van der Waals surface area (Å²) in [6.45, 7) is 4.59. The zero-order valence-electron chi connectivity index (χ0n) is 16.0. The van der Waals surface area contributed by atoms with Crippen molar-refractivity contribution in [3.8, 4) is 22.4 Å². The van der Waals surface area contributed by atoms with Crippen LogP contribution in [-0.4, -0.2) is 9.97 Å². The molecule has 4 heteroatoms. The molecule has 0 unspecified atom stereocenters. The van der Waals surface area contributed by atoms with Gasteiger partial charge in [-0.2, -0.15) is 0 Å². The van der Waals surface area contributed by atoms with E-state index in [0.29, 0.717) is 5.28 Å². The average molecular weight is 413 g/mol. The molecule has 0 fully saturated rings. The highest BCUT2D eigenvalue weighted by molar-refractivity contribution is 7.26. The van der Waals surface area contributed by atoms with Crippen LogP contribution < -0.4 is 0 Å². The predicted octanol–water partition coefficient (Wildman–Crippen LogP) is 7.47. The second kappa shape index (κ2) is 5.88. The summed E-state index contributed by atoms with van der Waals surface area (Å²) >= 11 is 8.09. The Balaban J connectivity index is 1.63. The molecule has 0 radical (unpaired) electrons. The molecule has 2 heterocycles. The molecule has 2 nitrogen and oxygen atoms in total. The third kappa shape index (κ3) is 2.35. The minimum atomic E-state index is -0.0436. The lowest BCUT2D eigenvalue weighted by Crippen LogP contribution is -2.14. The van der Waals surface area contributed by atoms with E-state index in [0.717, 1.165) is 26.9 Å². The summed E-state index contributed by atoms with van der Waals surface area (Å²) in [5.74, 6) is 0. The molecule has 0 atom stereocenters. The Hall–Kier alpha value is -2.75. The van der Waals surface area contributed by atoms with Crippen molar-refractivity contribution >= 4 is 43.2 Å².